The summed E-state index contributed by atoms with van der Waals surface area (Å²) in [4.78, 5) is 51.4. The van der Waals surface area contributed by atoms with Crippen molar-refractivity contribution in [2.45, 2.75) is 19.3 Å². The number of hydrogen-bond acceptors (Lipinski definition) is 4. The Morgan fingerprint density at radius 3 is 1.87 bits per heavy atom. The SMILES string of the molecule is CCC(C(=O)C(=O)C(=O)C(=O)c1cccc2ccccc12)c1cccc2ccccc12. The maximum absolute atomic E-state index is 13.0. The standard InChI is InChI=1S/C27H20O4/c1-2-19(22-15-7-11-17-9-3-5-13-20(17)22)24(28)26(30)27(31)25(29)23-16-8-12-18-10-4-6-14-21(18)23/h3-16,19H,2H2,1H3. The predicted octanol–water partition coefficient (Wildman–Crippen LogP) is 5.08. The summed E-state index contributed by atoms with van der Waals surface area (Å²) in [5.41, 5.74) is 0.812. The Labute approximate surface area is 179 Å². The van der Waals surface area contributed by atoms with E-state index < -0.39 is 29.1 Å². The van der Waals surface area contributed by atoms with Crippen molar-refractivity contribution in [1.82, 2.24) is 0 Å². The molecule has 0 aliphatic carbocycles. The summed E-state index contributed by atoms with van der Waals surface area (Å²) in [6, 6.07) is 25.2. The summed E-state index contributed by atoms with van der Waals surface area (Å²) in [5, 5.41) is 3.15. The first kappa shape index (κ1) is 20.4. The van der Waals surface area contributed by atoms with Crippen molar-refractivity contribution in [2.24, 2.45) is 0 Å². The highest BCUT2D eigenvalue weighted by Gasteiger charge is 2.35. The Bertz CT molecular complexity index is 1340. The number of fused-ring (bicyclic) bond motifs is 2. The largest absolute Gasteiger partial charge is 0.290 e. The van der Waals surface area contributed by atoms with Crippen LogP contribution in [-0.4, -0.2) is 23.1 Å². The van der Waals surface area contributed by atoms with E-state index in [0.29, 0.717) is 17.4 Å². The summed E-state index contributed by atoms with van der Waals surface area (Å²) < 4.78 is 0. The van der Waals surface area contributed by atoms with Crippen LogP contribution in [-0.2, 0) is 14.4 Å². The molecule has 0 saturated carbocycles. The van der Waals surface area contributed by atoms with Crippen LogP contribution < -0.4 is 0 Å². The highest BCUT2D eigenvalue weighted by molar-refractivity contribution is 6.80. The molecule has 1 atom stereocenters. The van der Waals surface area contributed by atoms with Gasteiger partial charge in [-0.05, 0) is 33.5 Å². The Morgan fingerprint density at radius 2 is 1.19 bits per heavy atom. The number of benzene rings is 4. The molecular formula is C27H20O4. The summed E-state index contributed by atoms with van der Waals surface area (Å²) in [5.74, 6) is -5.15. The predicted molar refractivity (Wildman–Crippen MR) is 120 cm³/mol. The number of carbonyl (C=O) groups excluding carboxylic acids is 4. The van der Waals surface area contributed by atoms with Gasteiger partial charge in [0.15, 0.2) is 0 Å². The highest BCUT2D eigenvalue weighted by atomic mass is 16.2. The van der Waals surface area contributed by atoms with Crippen molar-refractivity contribution in [3.05, 3.63) is 96.1 Å². The minimum absolute atomic E-state index is 0.127. The molecule has 0 saturated heterocycles. The first-order valence-electron chi connectivity index (χ1n) is 10.2. The molecule has 0 bridgehead atoms. The van der Waals surface area contributed by atoms with Crippen LogP contribution in [0.15, 0.2) is 84.9 Å². The lowest BCUT2D eigenvalue weighted by atomic mass is 9.85. The average Bonchev–Trinajstić information content (AvgIpc) is 2.82. The van der Waals surface area contributed by atoms with E-state index in [1.165, 1.54) is 6.07 Å². The van der Waals surface area contributed by atoms with E-state index >= 15 is 0 Å². The smallest absolute Gasteiger partial charge is 0.277 e. The molecule has 4 aromatic rings. The summed E-state index contributed by atoms with van der Waals surface area (Å²) in [6.07, 6.45) is 0.342. The molecule has 4 nitrogen and oxygen atoms in total. The summed E-state index contributed by atoms with van der Waals surface area (Å²) in [6.45, 7) is 1.79. The molecule has 0 spiro atoms. The van der Waals surface area contributed by atoms with Crippen LogP contribution in [0.1, 0.15) is 35.2 Å². The maximum atomic E-state index is 13.0. The molecule has 4 rings (SSSR count). The van der Waals surface area contributed by atoms with E-state index in [-0.39, 0.29) is 5.56 Å². The molecule has 0 heterocycles. The first-order valence-corrected chi connectivity index (χ1v) is 10.2. The molecule has 0 radical (unpaired) electrons. The van der Waals surface area contributed by atoms with Gasteiger partial charge in [-0.1, -0.05) is 91.9 Å². The van der Waals surface area contributed by atoms with Crippen LogP contribution in [0.3, 0.4) is 0 Å². The van der Waals surface area contributed by atoms with E-state index in [1.807, 2.05) is 54.6 Å². The lowest BCUT2D eigenvalue weighted by molar-refractivity contribution is -0.143. The number of hydrogen-bond donors (Lipinski definition) is 0. The normalized spacial score (nSPS) is 11.9. The molecule has 0 amide bonds. The number of Topliss-reactive ketones (excluding diaryl/α,β-unsaturated/α-hetero) is 4. The second-order valence-corrected chi connectivity index (χ2v) is 7.41. The number of carbonyl (C=O) groups is 4. The quantitative estimate of drug-likeness (QED) is 0.243. The van der Waals surface area contributed by atoms with Crippen molar-refractivity contribution in [1.29, 1.82) is 0 Å². The third-order valence-electron chi connectivity index (χ3n) is 5.59. The minimum Gasteiger partial charge on any atom is -0.290 e. The lowest BCUT2D eigenvalue weighted by Crippen LogP contribution is -2.33. The Morgan fingerprint density at radius 1 is 0.645 bits per heavy atom. The summed E-state index contributed by atoms with van der Waals surface area (Å²) >= 11 is 0. The van der Waals surface area contributed by atoms with Gasteiger partial charge in [-0.15, -0.1) is 0 Å². The van der Waals surface area contributed by atoms with Gasteiger partial charge < -0.3 is 0 Å². The van der Waals surface area contributed by atoms with Crippen LogP contribution in [0.5, 0.6) is 0 Å². The molecule has 1 unspecified atom stereocenters. The van der Waals surface area contributed by atoms with Crippen LogP contribution in [0.25, 0.3) is 21.5 Å². The van der Waals surface area contributed by atoms with Gasteiger partial charge in [-0.2, -0.15) is 0 Å². The van der Waals surface area contributed by atoms with E-state index in [4.69, 9.17) is 0 Å². The molecule has 4 heteroatoms. The molecule has 31 heavy (non-hydrogen) atoms. The van der Waals surface area contributed by atoms with Crippen LogP contribution in [0, 0.1) is 0 Å². The molecular weight excluding hydrogens is 388 g/mol. The topological polar surface area (TPSA) is 68.3 Å². The van der Waals surface area contributed by atoms with E-state index in [1.54, 1.807) is 31.2 Å². The minimum atomic E-state index is -1.29. The second-order valence-electron chi connectivity index (χ2n) is 7.41. The molecule has 0 N–H and O–H groups in total. The third kappa shape index (κ3) is 3.68. The van der Waals surface area contributed by atoms with Gasteiger partial charge in [0.1, 0.15) is 0 Å². The zero-order valence-corrected chi connectivity index (χ0v) is 17.0. The fourth-order valence-corrected chi connectivity index (χ4v) is 4.02. The Hall–Kier alpha value is -3.92. The third-order valence-corrected chi connectivity index (χ3v) is 5.59. The Balaban J connectivity index is 1.67. The molecule has 0 fully saturated rings. The van der Waals surface area contributed by atoms with Crippen LogP contribution in [0.2, 0.25) is 0 Å². The van der Waals surface area contributed by atoms with E-state index in [2.05, 4.69) is 0 Å². The summed E-state index contributed by atoms with van der Waals surface area (Å²) in [7, 11) is 0. The van der Waals surface area contributed by atoms with Gasteiger partial charge in [0.25, 0.3) is 11.6 Å². The highest BCUT2D eigenvalue weighted by Crippen LogP contribution is 2.29. The van der Waals surface area contributed by atoms with Crippen molar-refractivity contribution in [3.8, 4) is 0 Å². The zero-order valence-electron chi connectivity index (χ0n) is 17.0. The van der Waals surface area contributed by atoms with Crippen molar-refractivity contribution < 1.29 is 19.2 Å². The van der Waals surface area contributed by atoms with Gasteiger partial charge in [-0.25, -0.2) is 0 Å². The molecule has 0 aromatic heterocycles. The van der Waals surface area contributed by atoms with Gasteiger partial charge in [-0.3, -0.25) is 19.2 Å². The number of rotatable bonds is 7. The van der Waals surface area contributed by atoms with Crippen molar-refractivity contribution in [2.75, 3.05) is 0 Å². The van der Waals surface area contributed by atoms with Crippen LogP contribution >= 0.6 is 0 Å². The molecule has 4 aromatic carbocycles. The van der Waals surface area contributed by atoms with Gasteiger partial charge in [0, 0.05) is 5.56 Å². The Kier molecular flexibility index (Phi) is 5.54. The van der Waals surface area contributed by atoms with E-state index in [9.17, 15) is 19.2 Å². The van der Waals surface area contributed by atoms with Gasteiger partial charge in [0.05, 0.1) is 5.92 Å². The average molecular weight is 408 g/mol. The lowest BCUT2D eigenvalue weighted by Gasteiger charge is -2.15. The molecule has 0 aliphatic rings. The monoisotopic (exact) mass is 408 g/mol. The van der Waals surface area contributed by atoms with Crippen molar-refractivity contribution >= 4 is 44.7 Å². The molecule has 0 aliphatic heterocycles. The zero-order chi connectivity index (χ0) is 22.0. The maximum Gasteiger partial charge on any atom is 0.277 e. The fraction of sp³-hybridized carbons (Fsp3) is 0.111. The fourth-order valence-electron chi connectivity index (χ4n) is 4.02. The van der Waals surface area contributed by atoms with Crippen molar-refractivity contribution in [3.63, 3.8) is 0 Å². The van der Waals surface area contributed by atoms with Gasteiger partial charge in [0.2, 0.25) is 11.6 Å². The van der Waals surface area contributed by atoms with Gasteiger partial charge >= 0.3 is 0 Å². The van der Waals surface area contributed by atoms with E-state index in [0.717, 1.165) is 16.2 Å². The van der Waals surface area contributed by atoms with Crippen LogP contribution in [0.4, 0.5) is 0 Å². The molecule has 152 valence electrons. The second kappa shape index (κ2) is 8.44. The number of ketones is 4. The first-order chi connectivity index (χ1) is 15.0.